The van der Waals surface area contributed by atoms with Crippen molar-refractivity contribution in [3.05, 3.63) is 23.8 Å². The topological polar surface area (TPSA) is 61.4 Å². The minimum absolute atomic E-state index is 0.118. The van der Waals surface area contributed by atoms with E-state index in [0.717, 1.165) is 24.9 Å². The summed E-state index contributed by atoms with van der Waals surface area (Å²) >= 11 is 0. The number of benzene rings is 1. The van der Waals surface area contributed by atoms with Crippen LogP contribution < -0.4 is 10.6 Å². The Morgan fingerprint density at radius 3 is 2.88 bits per heavy atom. The SMILES string of the molecule is CC(=O)Nc1c(O)cccc1C1(C)CCCN1. The molecule has 2 rings (SSSR count). The number of hydrogen-bond acceptors (Lipinski definition) is 3. The van der Waals surface area contributed by atoms with Gasteiger partial charge in [-0.25, -0.2) is 0 Å². The highest BCUT2D eigenvalue weighted by Gasteiger charge is 2.33. The van der Waals surface area contributed by atoms with E-state index < -0.39 is 0 Å². The van der Waals surface area contributed by atoms with Crippen molar-refractivity contribution < 1.29 is 9.90 Å². The Bertz CT molecular complexity index is 437. The molecule has 4 heteroatoms. The number of para-hydroxylation sites is 1. The van der Waals surface area contributed by atoms with Crippen LogP contribution in [0.25, 0.3) is 0 Å². The van der Waals surface area contributed by atoms with Gasteiger partial charge in [-0.15, -0.1) is 0 Å². The molecule has 1 amide bonds. The molecule has 1 unspecified atom stereocenters. The predicted molar refractivity (Wildman–Crippen MR) is 67.0 cm³/mol. The van der Waals surface area contributed by atoms with Crippen molar-refractivity contribution in [1.82, 2.24) is 5.32 Å². The van der Waals surface area contributed by atoms with Crippen LogP contribution in [0.4, 0.5) is 5.69 Å². The quantitative estimate of drug-likeness (QED) is 0.685. The molecule has 1 saturated heterocycles. The molecule has 1 heterocycles. The van der Waals surface area contributed by atoms with Gasteiger partial charge in [-0.05, 0) is 37.9 Å². The first kappa shape index (κ1) is 11.9. The Morgan fingerprint density at radius 1 is 1.53 bits per heavy atom. The Labute approximate surface area is 101 Å². The van der Waals surface area contributed by atoms with Crippen LogP contribution in [0.15, 0.2) is 18.2 Å². The van der Waals surface area contributed by atoms with Gasteiger partial charge in [0.05, 0.1) is 5.69 Å². The summed E-state index contributed by atoms with van der Waals surface area (Å²) in [5.74, 6) is -0.0537. The van der Waals surface area contributed by atoms with Crippen molar-refractivity contribution in [2.45, 2.75) is 32.2 Å². The van der Waals surface area contributed by atoms with E-state index in [9.17, 15) is 9.90 Å². The minimum atomic E-state index is -0.172. The standard InChI is InChI=1S/C13H18N2O2/c1-9(16)15-12-10(5-3-6-11(12)17)13(2)7-4-8-14-13/h3,5-6,14,17H,4,7-8H2,1-2H3,(H,15,16). The molecular weight excluding hydrogens is 216 g/mol. The van der Waals surface area contributed by atoms with Crippen molar-refractivity contribution >= 4 is 11.6 Å². The molecule has 17 heavy (non-hydrogen) atoms. The largest absolute Gasteiger partial charge is 0.506 e. The number of carbonyl (C=O) groups is 1. The summed E-state index contributed by atoms with van der Waals surface area (Å²) in [7, 11) is 0. The summed E-state index contributed by atoms with van der Waals surface area (Å²) in [6.45, 7) is 4.51. The van der Waals surface area contributed by atoms with E-state index in [4.69, 9.17) is 0 Å². The van der Waals surface area contributed by atoms with E-state index in [1.54, 1.807) is 12.1 Å². The van der Waals surface area contributed by atoms with Crippen LogP contribution in [0.3, 0.4) is 0 Å². The fourth-order valence-electron chi connectivity index (χ4n) is 2.43. The number of nitrogens with one attached hydrogen (secondary N) is 2. The number of hydrogen-bond donors (Lipinski definition) is 3. The lowest BCUT2D eigenvalue weighted by molar-refractivity contribution is -0.114. The third-order valence-corrected chi connectivity index (χ3v) is 3.31. The van der Waals surface area contributed by atoms with E-state index in [0.29, 0.717) is 5.69 Å². The van der Waals surface area contributed by atoms with Crippen LogP contribution >= 0.6 is 0 Å². The Kier molecular flexibility index (Phi) is 3.07. The van der Waals surface area contributed by atoms with Gasteiger partial charge in [-0.2, -0.15) is 0 Å². The number of phenols is 1. The number of rotatable bonds is 2. The fourth-order valence-corrected chi connectivity index (χ4v) is 2.43. The molecule has 1 aliphatic rings. The molecule has 4 nitrogen and oxygen atoms in total. The molecule has 0 saturated carbocycles. The summed E-state index contributed by atoms with van der Waals surface area (Å²) in [6.07, 6.45) is 2.11. The normalized spacial score (nSPS) is 23.6. The minimum Gasteiger partial charge on any atom is -0.506 e. The van der Waals surface area contributed by atoms with Crippen LogP contribution in [0, 0.1) is 0 Å². The van der Waals surface area contributed by atoms with Gasteiger partial charge in [0.1, 0.15) is 5.75 Å². The van der Waals surface area contributed by atoms with Crippen molar-refractivity contribution in [2.75, 3.05) is 11.9 Å². The van der Waals surface area contributed by atoms with Crippen molar-refractivity contribution in [2.24, 2.45) is 0 Å². The van der Waals surface area contributed by atoms with Gasteiger partial charge in [-0.1, -0.05) is 12.1 Å². The molecule has 0 radical (unpaired) electrons. The zero-order chi connectivity index (χ0) is 12.5. The highest BCUT2D eigenvalue weighted by Crippen LogP contribution is 2.39. The first-order valence-electron chi connectivity index (χ1n) is 5.88. The monoisotopic (exact) mass is 234 g/mol. The van der Waals surface area contributed by atoms with Gasteiger partial charge in [0.15, 0.2) is 0 Å². The molecule has 92 valence electrons. The lowest BCUT2D eigenvalue weighted by Gasteiger charge is -2.28. The lowest BCUT2D eigenvalue weighted by Crippen LogP contribution is -2.34. The molecule has 1 fully saturated rings. The van der Waals surface area contributed by atoms with Gasteiger partial charge in [0.25, 0.3) is 0 Å². The van der Waals surface area contributed by atoms with Gasteiger partial charge in [0, 0.05) is 12.5 Å². The molecule has 1 aromatic carbocycles. The highest BCUT2D eigenvalue weighted by atomic mass is 16.3. The molecule has 0 aliphatic carbocycles. The average Bonchev–Trinajstić information content (AvgIpc) is 2.69. The third kappa shape index (κ3) is 2.26. The Balaban J connectivity index is 2.45. The molecule has 1 aromatic rings. The number of amides is 1. The molecule has 0 spiro atoms. The second kappa shape index (κ2) is 4.37. The van der Waals surface area contributed by atoms with E-state index in [1.807, 2.05) is 6.07 Å². The summed E-state index contributed by atoms with van der Waals surface area (Å²) < 4.78 is 0. The van der Waals surface area contributed by atoms with E-state index >= 15 is 0 Å². The lowest BCUT2D eigenvalue weighted by atomic mass is 9.89. The van der Waals surface area contributed by atoms with E-state index in [2.05, 4.69) is 17.6 Å². The molecule has 0 bridgehead atoms. The van der Waals surface area contributed by atoms with Crippen LogP contribution in [0.1, 0.15) is 32.3 Å². The first-order chi connectivity index (χ1) is 8.03. The van der Waals surface area contributed by atoms with Crippen LogP contribution in [0.2, 0.25) is 0 Å². The van der Waals surface area contributed by atoms with Crippen molar-refractivity contribution in [3.8, 4) is 5.75 Å². The summed E-state index contributed by atoms with van der Waals surface area (Å²) in [4.78, 5) is 11.2. The molecule has 1 atom stereocenters. The van der Waals surface area contributed by atoms with Crippen molar-refractivity contribution in [1.29, 1.82) is 0 Å². The molecule has 1 aliphatic heterocycles. The molecular formula is C13H18N2O2. The maximum Gasteiger partial charge on any atom is 0.221 e. The van der Waals surface area contributed by atoms with Crippen LogP contribution in [0.5, 0.6) is 5.75 Å². The maximum atomic E-state index is 11.2. The first-order valence-corrected chi connectivity index (χ1v) is 5.88. The number of phenolic OH excluding ortho intramolecular Hbond substituents is 1. The van der Waals surface area contributed by atoms with Gasteiger partial charge >= 0.3 is 0 Å². The zero-order valence-corrected chi connectivity index (χ0v) is 10.2. The summed E-state index contributed by atoms with van der Waals surface area (Å²) in [6, 6.07) is 5.34. The molecule has 0 aromatic heterocycles. The fraction of sp³-hybridized carbons (Fsp3) is 0.462. The van der Waals surface area contributed by atoms with Gasteiger partial charge in [-0.3, -0.25) is 4.79 Å². The van der Waals surface area contributed by atoms with Crippen LogP contribution in [-0.2, 0) is 10.3 Å². The van der Waals surface area contributed by atoms with Gasteiger partial charge in [0.2, 0.25) is 5.91 Å². The van der Waals surface area contributed by atoms with Crippen molar-refractivity contribution in [3.63, 3.8) is 0 Å². The predicted octanol–water partition coefficient (Wildman–Crippen LogP) is 1.95. The second-order valence-electron chi connectivity index (χ2n) is 4.74. The third-order valence-electron chi connectivity index (χ3n) is 3.31. The average molecular weight is 234 g/mol. The number of carbonyl (C=O) groups excluding carboxylic acids is 1. The Hall–Kier alpha value is -1.55. The molecule has 3 N–H and O–H groups in total. The maximum absolute atomic E-state index is 11.2. The summed E-state index contributed by atoms with van der Waals surface area (Å²) in [5.41, 5.74) is 1.30. The van der Waals surface area contributed by atoms with E-state index in [-0.39, 0.29) is 17.2 Å². The van der Waals surface area contributed by atoms with Crippen LogP contribution in [-0.4, -0.2) is 17.6 Å². The Morgan fingerprint density at radius 2 is 2.29 bits per heavy atom. The number of anilines is 1. The summed E-state index contributed by atoms with van der Waals surface area (Å²) in [5, 5.41) is 16.0. The number of aromatic hydroxyl groups is 1. The van der Waals surface area contributed by atoms with E-state index in [1.165, 1.54) is 6.92 Å². The highest BCUT2D eigenvalue weighted by molar-refractivity contribution is 5.91. The zero-order valence-electron chi connectivity index (χ0n) is 10.2. The van der Waals surface area contributed by atoms with Gasteiger partial charge < -0.3 is 15.7 Å². The smallest absolute Gasteiger partial charge is 0.221 e. The second-order valence-corrected chi connectivity index (χ2v) is 4.74.